The Labute approximate surface area is 146 Å². The van der Waals surface area contributed by atoms with Crippen molar-refractivity contribution in [2.24, 2.45) is 107 Å². The van der Waals surface area contributed by atoms with Crippen molar-refractivity contribution >= 4 is 31.9 Å². The standard InChI is InChI=1S/C20H18Br2/c21-19-13-3-1-2-5(13)9-10-6(2)14-4(1)8-7(3)15(19)11-12(17(9)19)18(10)20(14,22)16(8)11/h1-18H. The zero-order valence-electron chi connectivity index (χ0n) is 12.1. The molecule has 12 rings (SSSR count). The third kappa shape index (κ3) is 0.472. The number of hydrogen-bond donors (Lipinski definition) is 0. The van der Waals surface area contributed by atoms with Gasteiger partial charge in [-0.15, -0.1) is 0 Å². The van der Waals surface area contributed by atoms with Gasteiger partial charge in [-0.2, -0.15) is 0 Å². The van der Waals surface area contributed by atoms with Crippen LogP contribution in [-0.2, 0) is 0 Å². The van der Waals surface area contributed by atoms with E-state index in [1.54, 1.807) is 0 Å². The predicted octanol–water partition coefficient (Wildman–Crippen LogP) is 3.50. The van der Waals surface area contributed by atoms with Gasteiger partial charge in [0, 0.05) is 8.65 Å². The molecule has 0 N–H and O–H groups in total. The van der Waals surface area contributed by atoms with Gasteiger partial charge in [0.1, 0.15) is 0 Å². The smallest absolute Gasteiger partial charge is 0.0359 e. The average molecular weight is 418 g/mol. The first-order valence-corrected chi connectivity index (χ1v) is 11.7. The van der Waals surface area contributed by atoms with Gasteiger partial charge in [0.05, 0.1) is 0 Å². The molecule has 12 unspecified atom stereocenters. The van der Waals surface area contributed by atoms with Crippen molar-refractivity contribution in [3.05, 3.63) is 0 Å². The van der Waals surface area contributed by atoms with E-state index in [0.29, 0.717) is 8.65 Å². The Balaban J connectivity index is 1.49. The van der Waals surface area contributed by atoms with E-state index in [0.717, 1.165) is 23.7 Å². The maximum atomic E-state index is 4.62. The summed E-state index contributed by atoms with van der Waals surface area (Å²) in [4.78, 5) is 0. The summed E-state index contributed by atoms with van der Waals surface area (Å²) >= 11 is 9.24. The summed E-state index contributed by atoms with van der Waals surface area (Å²) in [5.74, 6) is 21.4. The van der Waals surface area contributed by atoms with Gasteiger partial charge in [0.25, 0.3) is 0 Å². The van der Waals surface area contributed by atoms with E-state index >= 15 is 0 Å². The van der Waals surface area contributed by atoms with E-state index in [4.69, 9.17) is 0 Å². The highest BCUT2D eigenvalue weighted by Gasteiger charge is 3.04. The first kappa shape index (κ1) is 10.2. The molecule has 12 atom stereocenters. The number of halogens is 2. The lowest BCUT2D eigenvalue weighted by Crippen LogP contribution is -2.40. The Morgan fingerprint density at radius 2 is 0.545 bits per heavy atom. The molecule has 0 aromatic carbocycles. The van der Waals surface area contributed by atoms with E-state index in [1.807, 2.05) is 0 Å². The molecule has 0 aromatic heterocycles. The van der Waals surface area contributed by atoms with Crippen LogP contribution >= 0.6 is 31.9 Å². The predicted molar refractivity (Wildman–Crippen MR) is 86.1 cm³/mol. The largest absolute Gasteiger partial charge is 0.0844 e. The van der Waals surface area contributed by atoms with Crippen molar-refractivity contribution in [3.8, 4) is 0 Å². The third-order valence-electron chi connectivity index (χ3n) is 13.4. The Kier molecular flexibility index (Phi) is 0.997. The Hall–Kier alpha value is 0.960. The molecule has 0 bridgehead atoms. The molecule has 0 nitrogen and oxygen atoms in total. The fourth-order valence-electron chi connectivity index (χ4n) is 15.2. The molecule has 0 amide bonds. The SMILES string of the molecule is BrC12C3C4C5C6C3C3C7C6C6C5C5C4C1C1C(C32)C7C6(Br)C51. The topological polar surface area (TPSA) is 0 Å². The minimum absolute atomic E-state index is 0.675. The van der Waals surface area contributed by atoms with E-state index in [9.17, 15) is 0 Å². The molecule has 12 aliphatic carbocycles. The van der Waals surface area contributed by atoms with Crippen LogP contribution in [0.1, 0.15) is 0 Å². The molecule has 2 heteroatoms. The highest BCUT2D eigenvalue weighted by molar-refractivity contribution is 9.10. The summed E-state index contributed by atoms with van der Waals surface area (Å²) < 4.78 is 1.35. The number of hydrogen-bond acceptors (Lipinski definition) is 0. The van der Waals surface area contributed by atoms with E-state index < -0.39 is 0 Å². The number of rotatable bonds is 0. The molecule has 0 spiro atoms. The highest BCUT2D eigenvalue weighted by atomic mass is 79.9. The summed E-state index contributed by atoms with van der Waals surface area (Å²) in [6.45, 7) is 0. The molecular weight excluding hydrogens is 400 g/mol. The molecule has 0 radical (unpaired) electrons. The zero-order valence-corrected chi connectivity index (χ0v) is 15.3. The molecule has 0 aliphatic heterocycles. The van der Waals surface area contributed by atoms with Crippen LogP contribution in [0.5, 0.6) is 0 Å². The highest BCUT2D eigenvalue weighted by Crippen LogP contribution is 3.05. The fraction of sp³-hybridized carbons (Fsp3) is 1.00. The molecule has 12 fully saturated rings. The van der Waals surface area contributed by atoms with Crippen LogP contribution in [0.4, 0.5) is 0 Å². The molecular formula is C20H18Br2. The molecule has 12 saturated carbocycles. The maximum Gasteiger partial charge on any atom is 0.0359 e. The van der Waals surface area contributed by atoms with Gasteiger partial charge < -0.3 is 0 Å². The first-order chi connectivity index (χ1) is 10.7. The van der Waals surface area contributed by atoms with E-state index in [1.165, 1.54) is 82.9 Å². The lowest BCUT2D eigenvalue weighted by molar-refractivity contribution is 0.198. The van der Waals surface area contributed by atoms with Gasteiger partial charge >= 0.3 is 0 Å². The summed E-state index contributed by atoms with van der Waals surface area (Å²) in [7, 11) is 0. The van der Waals surface area contributed by atoms with Crippen molar-refractivity contribution in [2.75, 3.05) is 0 Å². The van der Waals surface area contributed by atoms with Crippen LogP contribution < -0.4 is 0 Å². The van der Waals surface area contributed by atoms with Crippen LogP contribution in [-0.4, -0.2) is 8.65 Å². The zero-order chi connectivity index (χ0) is 13.4. The molecule has 0 heterocycles. The van der Waals surface area contributed by atoms with Gasteiger partial charge in [-0.3, -0.25) is 0 Å². The van der Waals surface area contributed by atoms with Crippen molar-refractivity contribution in [1.29, 1.82) is 0 Å². The van der Waals surface area contributed by atoms with Crippen molar-refractivity contribution in [2.45, 2.75) is 8.65 Å². The lowest BCUT2D eigenvalue weighted by atomic mass is 9.77. The van der Waals surface area contributed by atoms with Crippen LogP contribution in [0.15, 0.2) is 0 Å². The summed E-state index contributed by atoms with van der Waals surface area (Å²) in [6, 6.07) is 0. The molecule has 0 saturated heterocycles. The van der Waals surface area contributed by atoms with Crippen molar-refractivity contribution in [3.63, 3.8) is 0 Å². The second-order valence-electron chi connectivity index (χ2n) is 11.7. The molecule has 112 valence electrons. The Morgan fingerprint density at radius 3 is 0.864 bits per heavy atom. The summed E-state index contributed by atoms with van der Waals surface area (Å²) in [5.41, 5.74) is 0. The maximum absolute atomic E-state index is 4.62. The van der Waals surface area contributed by atoms with Crippen LogP contribution in [0.25, 0.3) is 0 Å². The molecule has 12 aliphatic rings. The minimum atomic E-state index is 0.675. The summed E-state index contributed by atoms with van der Waals surface area (Å²) in [6.07, 6.45) is 0. The van der Waals surface area contributed by atoms with Gasteiger partial charge in [-0.25, -0.2) is 0 Å². The Bertz CT molecular complexity index is 686. The molecule has 0 aromatic rings. The fourth-order valence-corrected chi connectivity index (χ4v) is 18.9. The van der Waals surface area contributed by atoms with Crippen LogP contribution in [0.3, 0.4) is 0 Å². The molecule has 22 heavy (non-hydrogen) atoms. The van der Waals surface area contributed by atoms with Gasteiger partial charge in [0.2, 0.25) is 0 Å². The van der Waals surface area contributed by atoms with Crippen molar-refractivity contribution in [1.82, 2.24) is 0 Å². The average Bonchev–Trinajstić information content (AvgIpc) is 3.15. The lowest BCUT2D eigenvalue weighted by Gasteiger charge is -2.37. The van der Waals surface area contributed by atoms with Gasteiger partial charge in [-0.1, -0.05) is 31.9 Å². The second-order valence-corrected chi connectivity index (χ2v) is 14.5. The van der Waals surface area contributed by atoms with Gasteiger partial charge in [-0.05, 0) is 107 Å². The summed E-state index contributed by atoms with van der Waals surface area (Å²) in [5, 5.41) is 0. The van der Waals surface area contributed by atoms with E-state index in [-0.39, 0.29) is 0 Å². The van der Waals surface area contributed by atoms with Crippen molar-refractivity contribution < 1.29 is 0 Å². The number of alkyl halides is 2. The van der Waals surface area contributed by atoms with Gasteiger partial charge in [0.15, 0.2) is 0 Å². The third-order valence-corrected chi connectivity index (χ3v) is 16.5. The first-order valence-electron chi connectivity index (χ1n) is 10.1. The monoisotopic (exact) mass is 416 g/mol. The quantitative estimate of drug-likeness (QED) is 0.529. The minimum Gasteiger partial charge on any atom is -0.0844 e. The Morgan fingerprint density at radius 1 is 0.318 bits per heavy atom. The second kappa shape index (κ2) is 2.15. The van der Waals surface area contributed by atoms with Crippen LogP contribution in [0, 0.1) is 107 Å². The van der Waals surface area contributed by atoms with E-state index in [2.05, 4.69) is 31.9 Å². The van der Waals surface area contributed by atoms with Crippen LogP contribution in [0.2, 0.25) is 0 Å². The normalized spacial score (nSPS) is 106.